The van der Waals surface area contributed by atoms with Gasteiger partial charge in [-0.1, -0.05) is 125 Å². The minimum atomic E-state index is -2.02. The molecule has 0 bridgehead atoms. The maximum Gasteiger partial charge on any atom is 0.272 e. The molecule has 7 nitrogen and oxygen atoms in total. The maximum absolute atomic E-state index is 12.0. The van der Waals surface area contributed by atoms with Gasteiger partial charge in [0.05, 0.1) is 24.4 Å². The number of carbonyl (C=O) groups is 1. The first kappa shape index (κ1) is 36.1. The molecule has 3 atom stereocenters. The second kappa shape index (κ2) is 15.7. The molecular formula is C38H38Cl4N2O5. The summed E-state index contributed by atoms with van der Waals surface area (Å²) in [6, 6.07) is 31.2. The summed E-state index contributed by atoms with van der Waals surface area (Å²) in [6.07, 6.45) is 1.01. The van der Waals surface area contributed by atoms with Gasteiger partial charge in [-0.3, -0.25) is 4.79 Å². The third kappa shape index (κ3) is 9.16. The monoisotopic (exact) mass is 742 g/mol. The van der Waals surface area contributed by atoms with Crippen molar-refractivity contribution in [2.45, 2.75) is 60.3 Å². The quantitative estimate of drug-likeness (QED) is 0.151. The maximum atomic E-state index is 12.0. The molecule has 4 aromatic carbocycles. The predicted octanol–water partition coefficient (Wildman–Crippen LogP) is 8.01. The number of benzene rings is 4. The second-order valence-electron chi connectivity index (χ2n) is 12.7. The van der Waals surface area contributed by atoms with Crippen molar-refractivity contribution in [1.29, 1.82) is 0 Å². The zero-order valence-electron chi connectivity index (χ0n) is 26.7. The van der Waals surface area contributed by atoms with Gasteiger partial charge in [0.2, 0.25) is 0 Å². The highest BCUT2D eigenvalue weighted by Crippen LogP contribution is 2.40. The Hall–Kier alpha value is -2.69. The molecule has 0 unspecified atom stereocenters. The Morgan fingerprint density at radius 1 is 0.857 bits per heavy atom. The van der Waals surface area contributed by atoms with Crippen LogP contribution >= 0.6 is 46.4 Å². The lowest BCUT2D eigenvalue weighted by atomic mass is 9.84. The summed E-state index contributed by atoms with van der Waals surface area (Å²) in [4.78, 5) is 14.3. The summed E-state index contributed by atoms with van der Waals surface area (Å²) < 4.78 is 11.2. The number of carbonyl (C=O) groups excluding carboxylic acids is 1. The number of amides is 1. The van der Waals surface area contributed by atoms with E-state index in [9.17, 15) is 15.0 Å². The van der Waals surface area contributed by atoms with E-state index in [1.54, 1.807) is 0 Å². The molecule has 2 heterocycles. The van der Waals surface area contributed by atoms with Gasteiger partial charge in [0.25, 0.3) is 9.70 Å². The SMILES string of the molecule is O=C(NCc1cccc(-c2ccc([C@@H]3O[C@H](CN4CCC(O)(c5ccc(Cl)cc5)CC4)C[C@H](c4ccc(CO)cc4)O3)cc2)c1)C(Cl)(Cl)Cl. The van der Waals surface area contributed by atoms with Crippen LogP contribution < -0.4 is 5.32 Å². The van der Waals surface area contributed by atoms with E-state index in [1.807, 2.05) is 97.1 Å². The lowest BCUT2D eigenvalue weighted by molar-refractivity contribution is -0.253. The van der Waals surface area contributed by atoms with E-state index in [4.69, 9.17) is 55.9 Å². The Labute approximate surface area is 306 Å². The number of nitrogens with zero attached hydrogens (tertiary/aromatic N) is 1. The molecule has 0 spiro atoms. The Morgan fingerprint density at radius 3 is 2.18 bits per heavy atom. The second-order valence-corrected chi connectivity index (χ2v) is 15.4. The van der Waals surface area contributed by atoms with Gasteiger partial charge in [0.15, 0.2) is 6.29 Å². The molecule has 258 valence electrons. The van der Waals surface area contributed by atoms with Crippen LogP contribution in [0.3, 0.4) is 0 Å². The molecule has 1 amide bonds. The zero-order chi connectivity index (χ0) is 34.6. The first-order valence-corrected chi connectivity index (χ1v) is 17.8. The number of aliphatic hydroxyl groups is 2. The number of likely N-dealkylation sites (tertiary alicyclic amines) is 1. The van der Waals surface area contributed by atoms with Gasteiger partial charge in [-0.15, -0.1) is 0 Å². The molecule has 4 aromatic rings. The highest BCUT2D eigenvalue weighted by molar-refractivity contribution is 6.76. The van der Waals surface area contributed by atoms with Crippen LogP contribution in [0, 0.1) is 0 Å². The van der Waals surface area contributed by atoms with E-state index in [0.29, 0.717) is 30.8 Å². The number of halogens is 4. The van der Waals surface area contributed by atoms with Crippen molar-refractivity contribution >= 4 is 52.3 Å². The highest BCUT2D eigenvalue weighted by atomic mass is 35.6. The van der Waals surface area contributed by atoms with Gasteiger partial charge in [0.1, 0.15) is 0 Å². The van der Waals surface area contributed by atoms with Crippen LogP contribution in [0.15, 0.2) is 97.1 Å². The fourth-order valence-electron chi connectivity index (χ4n) is 6.45. The Morgan fingerprint density at radius 2 is 1.53 bits per heavy atom. The minimum absolute atomic E-state index is 0.0175. The van der Waals surface area contributed by atoms with Crippen molar-refractivity contribution in [3.63, 3.8) is 0 Å². The fraction of sp³-hybridized carbons (Fsp3) is 0.342. The number of rotatable bonds is 9. The number of aliphatic hydroxyl groups excluding tert-OH is 1. The molecule has 0 aliphatic carbocycles. The van der Waals surface area contributed by atoms with E-state index in [2.05, 4.69) is 10.2 Å². The van der Waals surface area contributed by atoms with Crippen LogP contribution in [-0.2, 0) is 33.0 Å². The number of nitrogens with one attached hydrogen (secondary N) is 1. The largest absolute Gasteiger partial charge is 0.392 e. The zero-order valence-corrected chi connectivity index (χ0v) is 29.7. The van der Waals surface area contributed by atoms with E-state index in [-0.39, 0.29) is 25.4 Å². The molecule has 2 saturated heterocycles. The number of alkyl halides is 3. The minimum Gasteiger partial charge on any atom is -0.392 e. The fourth-order valence-corrected chi connectivity index (χ4v) is 6.78. The lowest BCUT2D eigenvalue weighted by Crippen LogP contribution is -2.46. The van der Waals surface area contributed by atoms with Crippen LogP contribution in [0.5, 0.6) is 0 Å². The molecule has 2 aliphatic heterocycles. The molecule has 0 radical (unpaired) electrons. The van der Waals surface area contributed by atoms with Crippen molar-refractivity contribution in [2.75, 3.05) is 19.6 Å². The number of hydrogen-bond donors (Lipinski definition) is 3. The first-order valence-electron chi connectivity index (χ1n) is 16.2. The molecular weight excluding hydrogens is 706 g/mol. The first-order chi connectivity index (χ1) is 23.5. The van der Waals surface area contributed by atoms with Crippen molar-refractivity contribution in [1.82, 2.24) is 10.2 Å². The van der Waals surface area contributed by atoms with E-state index in [0.717, 1.165) is 52.0 Å². The Bertz CT molecular complexity index is 1710. The normalized spacial score (nSPS) is 21.3. The molecule has 3 N–H and O–H groups in total. The van der Waals surface area contributed by atoms with Crippen LogP contribution in [0.4, 0.5) is 0 Å². The van der Waals surface area contributed by atoms with Crippen LogP contribution in [0.1, 0.15) is 59.5 Å². The summed E-state index contributed by atoms with van der Waals surface area (Å²) in [6.45, 7) is 2.39. The van der Waals surface area contributed by atoms with Crippen molar-refractivity contribution < 1.29 is 24.5 Å². The average Bonchev–Trinajstić information content (AvgIpc) is 3.11. The van der Waals surface area contributed by atoms with Gasteiger partial charge in [-0.2, -0.15) is 0 Å². The Balaban J connectivity index is 1.15. The smallest absolute Gasteiger partial charge is 0.272 e. The number of ether oxygens (including phenoxy) is 2. The van der Waals surface area contributed by atoms with Crippen molar-refractivity contribution in [2.24, 2.45) is 0 Å². The highest BCUT2D eigenvalue weighted by Gasteiger charge is 2.37. The topological polar surface area (TPSA) is 91.3 Å². The number of piperidine rings is 1. The molecule has 0 aromatic heterocycles. The third-order valence-corrected chi connectivity index (χ3v) is 10.1. The number of hydrogen-bond acceptors (Lipinski definition) is 6. The van der Waals surface area contributed by atoms with Gasteiger partial charge in [-0.05, 0) is 64.4 Å². The molecule has 49 heavy (non-hydrogen) atoms. The third-order valence-electron chi connectivity index (χ3n) is 9.30. The average molecular weight is 745 g/mol. The van der Waals surface area contributed by atoms with Crippen LogP contribution in [0.25, 0.3) is 11.1 Å². The summed E-state index contributed by atoms with van der Waals surface area (Å²) in [7, 11) is 0. The van der Waals surface area contributed by atoms with Crippen molar-refractivity contribution in [3.8, 4) is 11.1 Å². The van der Waals surface area contributed by atoms with Crippen molar-refractivity contribution in [3.05, 3.63) is 130 Å². The van der Waals surface area contributed by atoms with Crippen LogP contribution in [-0.4, -0.2) is 50.6 Å². The standard InChI is InChI=1S/C38H38Cl4N2O5/c39-32-14-12-31(13-15-32)37(47)16-18-44(19-17-37)23-33-21-34(28-6-4-25(24-45)5-7-28)49-35(48-33)29-10-8-27(9-11-29)30-3-1-2-26(20-30)22-43-36(46)38(40,41)42/h1-15,20,33-35,45,47H,16-19,21-24H2,(H,43,46)/t33-,34+,35+/m0/s1. The molecule has 6 rings (SSSR count). The summed E-state index contributed by atoms with van der Waals surface area (Å²) in [5, 5.41) is 24.3. The van der Waals surface area contributed by atoms with Gasteiger partial charge in [0, 0.05) is 43.2 Å². The van der Waals surface area contributed by atoms with E-state index >= 15 is 0 Å². The van der Waals surface area contributed by atoms with Gasteiger partial charge < -0.3 is 29.9 Å². The van der Waals surface area contributed by atoms with E-state index < -0.39 is 21.6 Å². The lowest BCUT2D eigenvalue weighted by Gasteiger charge is -2.42. The predicted molar refractivity (Wildman–Crippen MR) is 193 cm³/mol. The molecule has 2 aliphatic rings. The van der Waals surface area contributed by atoms with Crippen LogP contribution in [0.2, 0.25) is 5.02 Å². The summed E-state index contributed by atoms with van der Waals surface area (Å²) in [5.41, 5.74) is 5.62. The molecule has 0 saturated carbocycles. The summed E-state index contributed by atoms with van der Waals surface area (Å²) >= 11 is 23.1. The summed E-state index contributed by atoms with van der Waals surface area (Å²) in [5.74, 6) is -0.680. The molecule has 2 fully saturated rings. The Kier molecular flexibility index (Phi) is 11.6. The van der Waals surface area contributed by atoms with Gasteiger partial charge in [-0.25, -0.2) is 0 Å². The molecule has 11 heteroatoms. The van der Waals surface area contributed by atoms with E-state index in [1.165, 1.54) is 0 Å². The van der Waals surface area contributed by atoms with Gasteiger partial charge >= 0.3 is 0 Å².